The lowest BCUT2D eigenvalue weighted by Crippen LogP contribution is -2.71. The molecule has 4 fully saturated rings. The molecule has 8 rings (SSSR count). The lowest BCUT2D eigenvalue weighted by Gasteiger charge is -2.48. The molecule has 5 heterocycles. The smallest absolute Gasteiger partial charge is 0.280 e. The zero-order valence-electron chi connectivity index (χ0n) is 26.4. The van der Waals surface area contributed by atoms with Crippen LogP contribution in [0, 0.1) is 5.92 Å². The summed E-state index contributed by atoms with van der Waals surface area (Å²) in [6, 6.07) is 14.5. The normalized spacial score (nSPS) is 33.6. The van der Waals surface area contributed by atoms with Crippen molar-refractivity contribution in [3.05, 3.63) is 84.1 Å². The van der Waals surface area contributed by atoms with E-state index in [1.165, 1.54) is 33.9 Å². The number of piperidine rings is 1. The highest BCUT2D eigenvalue weighted by molar-refractivity contribution is 5.97. The van der Waals surface area contributed by atoms with Crippen molar-refractivity contribution in [3.8, 4) is 0 Å². The van der Waals surface area contributed by atoms with Crippen LogP contribution in [-0.2, 0) is 38.5 Å². The molecule has 0 radical (unpaired) electrons. The van der Waals surface area contributed by atoms with Crippen molar-refractivity contribution in [2.24, 2.45) is 5.92 Å². The van der Waals surface area contributed by atoms with Crippen LogP contribution in [0.3, 0.4) is 0 Å². The molecule has 7 atom stereocenters. The molecule has 5 aliphatic rings. The molecule has 1 aromatic heterocycles. The molecule has 46 heavy (non-hydrogen) atoms. The second-order valence-corrected chi connectivity index (χ2v) is 13.9. The Morgan fingerprint density at radius 3 is 2.76 bits per heavy atom. The number of allylic oxidation sites excluding steroid dienone is 1. The van der Waals surface area contributed by atoms with E-state index in [1.54, 1.807) is 4.90 Å². The molecule has 2 N–H and O–H groups in total. The number of rotatable bonds is 6. The number of nitrogens with zero attached hydrogens (tertiary/aromatic N) is 4. The van der Waals surface area contributed by atoms with Crippen molar-refractivity contribution in [1.82, 2.24) is 24.6 Å². The Bertz CT molecular complexity index is 1760. The third kappa shape index (κ3) is 4.23. The molecular formula is C36H41N5O5. The van der Waals surface area contributed by atoms with Gasteiger partial charge in [0.05, 0.1) is 5.92 Å². The molecule has 0 bridgehead atoms. The highest BCUT2D eigenvalue weighted by Gasteiger charge is 2.70. The quantitative estimate of drug-likeness (QED) is 0.409. The van der Waals surface area contributed by atoms with Gasteiger partial charge in [-0.05, 0) is 62.4 Å². The number of ether oxygens (including phenoxy) is 1. The highest BCUT2D eigenvalue weighted by atomic mass is 16.7. The molecule has 10 heteroatoms. The summed E-state index contributed by atoms with van der Waals surface area (Å²) in [5.74, 6) is -3.37. The van der Waals surface area contributed by atoms with Crippen LogP contribution in [0.25, 0.3) is 10.9 Å². The third-order valence-corrected chi connectivity index (χ3v) is 11.1. The molecule has 3 amide bonds. The summed E-state index contributed by atoms with van der Waals surface area (Å²) < 4.78 is 8.52. The van der Waals surface area contributed by atoms with Crippen molar-refractivity contribution in [1.29, 1.82) is 0 Å². The van der Waals surface area contributed by atoms with E-state index in [2.05, 4.69) is 52.8 Å². The SMILES string of the molecule is C=CCn1cc2c3c(cccc31)[C@H]1C[C@@H](C(=O)N[C@]3(C)O[C@@]4(O)C5CCCN5C(=O)[C@H](Cc5ccccc5)N4C3=O)CN(C)[C@@H]1C2. The maximum absolute atomic E-state index is 14.3. The van der Waals surface area contributed by atoms with Gasteiger partial charge in [0.15, 0.2) is 0 Å². The fourth-order valence-electron chi connectivity index (χ4n) is 9.12. The molecule has 10 nitrogen and oxygen atoms in total. The summed E-state index contributed by atoms with van der Waals surface area (Å²) >= 11 is 0. The second kappa shape index (κ2) is 10.5. The molecule has 1 aliphatic carbocycles. The summed E-state index contributed by atoms with van der Waals surface area (Å²) in [5.41, 5.74) is 2.81. The van der Waals surface area contributed by atoms with E-state index >= 15 is 0 Å². The summed E-state index contributed by atoms with van der Waals surface area (Å²) in [5, 5.41) is 16.3. The first-order valence-electron chi connectivity index (χ1n) is 16.5. The predicted octanol–water partition coefficient (Wildman–Crippen LogP) is 2.74. The van der Waals surface area contributed by atoms with Gasteiger partial charge < -0.3 is 24.8 Å². The molecule has 0 spiro atoms. The van der Waals surface area contributed by atoms with Crippen LogP contribution in [0.5, 0.6) is 0 Å². The van der Waals surface area contributed by atoms with E-state index in [0.717, 1.165) is 18.5 Å². The zero-order valence-corrected chi connectivity index (χ0v) is 26.4. The largest absolute Gasteiger partial charge is 0.347 e. The topological polar surface area (TPSA) is 107 Å². The third-order valence-electron chi connectivity index (χ3n) is 11.1. The fraction of sp³-hybridized carbons (Fsp3) is 0.472. The second-order valence-electron chi connectivity index (χ2n) is 13.9. The first-order valence-corrected chi connectivity index (χ1v) is 16.5. The van der Waals surface area contributed by atoms with Gasteiger partial charge in [0.2, 0.25) is 17.5 Å². The number of nitrogens with one attached hydrogen (secondary N) is 1. The van der Waals surface area contributed by atoms with E-state index < -0.39 is 35.5 Å². The van der Waals surface area contributed by atoms with Gasteiger partial charge in [-0.1, -0.05) is 48.5 Å². The van der Waals surface area contributed by atoms with Crippen molar-refractivity contribution in [2.45, 2.75) is 81.3 Å². The number of fused-ring (bicyclic) bond motifs is 5. The number of likely N-dealkylation sites (N-methyl/N-ethyl adjacent to an activating group) is 1. The number of likely N-dealkylation sites (tertiary alicyclic amines) is 1. The maximum atomic E-state index is 14.3. The van der Waals surface area contributed by atoms with Gasteiger partial charge in [0.25, 0.3) is 11.8 Å². The Kier molecular flexibility index (Phi) is 6.72. The Morgan fingerprint density at radius 2 is 1.98 bits per heavy atom. The van der Waals surface area contributed by atoms with Crippen LogP contribution in [0.2, 0.25) is 0 Å². The highest BCUT2D eigenvalue weighted by Crippen LogP contribution is 2.47. The van der Waals surface area contributed by atoms with Crippen molar-refractivity contribution in [2.75, 3.05) is 20.1 Å². The Labute approximate surface area is 268 Å². The molecule has 4 aliphatic heterocycles. The first kappa shape index (κ1) is 29.4. The number of aromatic nitrogens is 1. The summed E-state index contributed by atoms with van der Waals surface area (Å²) in [6.45, 7) is 7.21. The van der Waals surface area contributed by atoms with Gasteiger partial charge in [-0.3, -0.25) is 24.0 Å². The van der Waals surface area contributed by atoms with Crippen LogP contribution < -0.4 is 5.32 Å². The van der Waals surface area contributed by atoms with Gasteiger partial charge in [-0.2, -0.15) is 0 Å². The maximum Gasteiger partial charge on any atom is 0.280 e. The minimum Gasteiger partial charge on any atom is -0.347 e. The number of carbonyl (C=O) groups excluding carboxylic acids is 3. The average molecular weight is 624 g/mol. The molecule has 3 aromatic rings. The molecule has 240 valence electrons. The summed E-state index contributed by atoms with van der Waals surface area (Å²) in [4.78, 5) is 47.3. The van der Waals surface area contributed by atoms with E-state index in [-0.39, 0.29) is 30.2 Å². The number of aliphatic hydroxyl groups is 1. The minimum atomic E-state index is -2.04. The van der Waals surface area contributed by atoms with Gasteiger partial charge >= 0.3 is 0 Å². The minimum absolute atomic E-state index is 0.147. The van der Waals surface area contributed by atoms with Crippen molar-refractivity contribution in [3.63, 3.8) is 0 Å². The van der Waals surface area contributed by atoms with E-state index in [9.17, 15) is 19.5 Å². The van der Waals surface area contributed by atoms with Crippen molar-refractivity contribution < 1.29 is 24.2 Å². The Balaban J connectivity index is 1.07. The number of amides is 3. The molecular weight excluding hydrogens is 582 g/mol. The van der Waals surface area contributed by atoms with Gasteiger partial charge in [-0.25, -0.2) is 0 Å². The van der Waals surface area contributed by atoms with Crippen molar-refractivity contribution >= 4 is 28.6 Å². The van der Waals surface area contributed by atoms with E-state index in [0.29, 0.717) is 32.4 Å². The number of piperazine rings is 1. The molecule has 2 aromatic carbocycles. The van der Waals surface area contributed by atoms with Gasteiger partial charge in [-0.15, -0.1) is 6.58 Å². The number of hydrogen-bond donors (Lipinski definition) is 2. The fourth-order valence-corrected chi connectivity index (χ4v) is 9.12. The van der Waals surface area contributed by atoms with Gasteiger partial charge in [0.1, 0.15) is 12.1 Å². The number of benzene rings is 2. The molecule has 4 saturated heterocycles. The summed E-state index contributed by atoms with van der Waals surface area (Å²) in [7, 11) is 2.07. The van der Waals surface area contributed by atoms with Crippen LogP contribution in [-0.4, -0.2) is 92.0 Å². The Hall–Kier alpha value is -3.99. The van der Waals surface area contributed by atoms with Crippen LogP contribution in [0.1, 0.15) is 48.8 Å². The molecule has 1 unspecified atom stereocenters. The Morgan fingerprint density at radius 1 is 1.17 bits per heavy atom. The molecule has 0 saturated carbocycles. The first-order chi connectivity index (χ1) is 22.1. The lowest BCUT2D eigenvalue weighted by molar-refractivity contribution is -0.315. The van der Waals surface area contributed by atoms with E-state index in [1.807, 2.05) is 36.4 Å². The average Bonchev–Trinajstić information content (AvgIpc) is 3.72. The number of hydrogen-bond acceptors (Lipinski definition) is 6. The lowest BCUT2D eigenvalue weighted by atomic mass is 9.72. The number of carbonyl (C=O) groups is 3. The van der Waals surface area contributed by atoms with Crippen LogP contribution >= 0.6 is 0 Å². The predicted molar refractivity (Wildman–Crippen MR) is 171 cm³/mol. The zero-order chi connectivity index (χ0) is 32.0. The van der Waals surface area contributed by atoms with Crippen LogP contribution in [0.15, 0.2) is 67.4 Å². The monoisotopic (exact) mass is 623 g/mol. The van der Waals surface area contributed by atoms with E-state index in [4.69, 9.17) is 4.74 Å². The van der Waals surface area contributed by atoms with Gasteiger partial charge in [0, 0.05) is 55.1 Å². The summed E-state index contributed by atoms with van der Waals surface area (Å²) in [6.07, 6.45) is 7.14. The van der Waals surface area contributed by atoms with Crippen LogP contribution in [0.4, 0.5) is 0 Å². The standard InChI is InChI=1S/C36H41N5O5/c1-4-15-39-21-23-19-28-26(25-12-8-13-27(39)31(23)25)18-24(20-38(28)3)32(42)37-35(2)34(44)41-29(17-22-10-6-5-7-11-22)33(43)40-16-9-14-30(40)36(41,45)46-35/h4-8,10-13,21,24,26,28-30,45H,1,9,14-20H2,2-3H3,(H,37,42)/t24-,26-,28-,29+,30?,35-,36+/m1/s1.